The molecule has 0 radical (unpaired) electrons. The first-order valence-electron chi connectivity index (χ1n) is 5.91. The van der Waals surface area contributed by atoms with E-state index in [1.807, 2.05) is 0 Å². The second-order valence-electron chi connectivity index (χ2n) is 4.46. The molecule has 1 N–H and O–H groups in total. The van der Waals surface area contributed by atoms with Gasteiger partial charge >= 0.3 is 6.18 Å². The van der Waals surface area contributed by atoms with Gasteiger partial charge in [-0.25, -0.2) is 4.98 Å². The van der Waals surface area contributed by atoms with Crippen LogP contribution in [0.15, 0.2) is 18.3 Å². The Kier molecular flexibility index (Phi) is 4.14. The highest BCUT2D eigenvalue weighted by molar-refractivity contribution is 5.43. The van der Waals surface area contributed by atoms with Gasteiger partial charge in [-0.2, -0.15) is 13.2 Å². The van der Waals surface area contributed by atoms with Crippen LogP contribution in [-0.2, 0) is 4.74 Å². The van der Waals surface area contributed by atoms with Crippen molar-refractivity contribution in [1.82, 2.24) is 4.98 Å². The molecule has 1 saturated carbocycles. The maximum Gasteiger partial charge on any atom is 0.422 e. The second-order valence-corrected chi connectivity index (χ2v) is 4.46. The number of nitrogens with zero attached hydrogens (tertiary/aromatic N) is 1. The molecular formula is C12H15F3N2O2. The Hall–Kier alpha value is -1.50. The number of ether oxygens (including phenoxy) is 2. The Bertz CT molecular complexity index is 402. The van der Waals surface area contributed by atoms with Gasteiger partial charge in [0.15, 0.2) is 6.61 Å². The van der Waals surface area contributed by atoms with E-state index in [1.165, 1.54) is 12.3 Å². The molecule has 0 saturated heterocycles. The van der Waals surface area contributed by atoms with E-state index < -0.39 is 12.8 Å². The molecule has 1 fully saturated rings. The van der Waals surface area contributed by atoms with Crippen molar-refractivity contribution in [1.29, 1.82) is 0 Å². The highest BCUT2D eigenvalue weighted by Crippen LogP contribution is 2.26. The molecule has 0 atom stereocenters. The molecule has 0 spiro atoms. The van der Waals surface area contributed by atoms with Gasteiger partial charge in [-0.3, -0.25) is 0 Å². The lowest BCUT2D eigenvalue weighted by Gasteiger charge is -2.35. The lowest BCUT2D eigenvalue weighted by atomic mass is 9.89. The van der Waals surface area contributed by atoms with E-state index in [2.05, 4.69) is 15.0 Å². The van der Waals surface area contributed by atoms with Gasteiger partial charge in [0.25, 0.3) is 0 Å². The van der Waals surface area contributed by atoms with E-state index in [1.54, 1.807) is 13.2 Å². The summed E-state index contributed by atoms with van der Waals surface area (Å²) < 4.78 is 45.5. The van der Waals surface area contributed by atoms with E-state index in [0.717, 1.165) is 18.5 Å². The Morgan fingerprint density at radius 1 is 1.37 bits per heavy atom. The summed E-state index contributed by atoms with van der Waals surface area (Å²) in [4.78, 5) is 3.82. The predicted octanol–water partition coefficient (Wildman–Crippen LogP) is 2.61. The topological polar surface area (TPSA) is 43.4 Å². The minimum Gasteiger partial charge on any atom is -0.468 e. The van der Waals surface area contributed by atoms with Crippen molar-refractivity contribution in [3.63, 3.8) is 0 Å². The molecule has 1 aromatic rings. The first-order chi connectivity index (χ1) is 8.96. The second kappa shape index (κ2) is 5.64. The molecule has 1 aliphatic carbocycles. The maximum atomic E-state index is 11.9. The van der Waals surface area contributed by atoms with Gasteiger partial charge in [0.05, 0.1) is 18.0 Å². The smallest absolute Gasteiger partial charge is 0.422 e. The SMILES string of the molecule is COC1CC(Nc2ccc(OCC(F)(F)F)nc2)C1. The Morgan fingerprint density at radius 3 is 2.63 bits per heavy atom. The van der Waals surface area contributed by atoms with Gasteiger partial charge in [0, 0.05) is 19.2 Å². The molecule has 2 rings (SSSR count). The first-order valence-corrected chi connectivity index (χ1v) is 5.91. The molecule has 0 aromatic carbocycles. The van der Waals surface area contributed by atoms with Crippen LogP contribution in [0.25, 0.3) is 0 Å². The van der Waals surface area contributed by atoms with Crippen LogP contribution in [-0.4, -0.2) is 37.0 Å². The van der Waals surface area contributed by atoms with Gasteiger partial charge in [-0.1, -0.05) is 0 Å². The van der Waals surface area contributed by atoms with E-state index in [0.29, 0.717) is 12.1 Å². The van der Waals surface area contributed by atoms with Crippen LogP contribution in [0.4, 0.5) is 18.9 Å². The summed E-state index contributed by atoms with van der Waals surface area (Å²) in [6.45, 7) is -1.33. The summed E-state index contributed by atoms with van der Waals surface area (Å²) >= 11 is 0. The van der Waals surface area contributed by atoms with Crippen molar-refractivity contribution in [3.05, 3.63) is 18.3 Å². The third-order valence-corrected chi connectivity index (χ3v) is 2.92. The molecular weight excluding hydrogens is 261 g/mol. The zero-order chi connectivity index (χ0) is 13.9. The lowest BCUT2D eigenvalue weighted by molar-refractivity contribution is -0.154. The highest BCUT2D eigenvalue weighted by Gasteiger charge is 2.29. The van der Waals surface area contributed by atoms with Crippen LogP contribution in [0.2, 0.25) is 0 Å². The summed E-state index contributed by atoms with van der Waals surface area (Å²) in [6, 6.07) is 3.40. The molecule has 106 valence electrons. The third kappa shape index (κ3) is 4.27. The minimum atomic E-state index is -4.35. The number of pyridine rings is 1. The van der Waals surface area contributed by atoms with Crippen molar-refractivity contribution >= 4 is 5.69 Å². The van der Waals surface area contributed by atoms with Crippen molar-refractivity contribution in [3.8, 4) is 5.88 Å². The largest absolute Gasteiger partial charge is 0.468 e. The summed E-state index contributed by atoms with van der Waals surface area (Å²) in [6.07, 6.45) is -0.753. The molecule has 19 heavy (non-hydrogen) atoms. The van der Waals surface area contributed by atoms with Gasteiger partial charge in [0.1, 0.15) is 0 Å². The minimum absolute atomic E-state index is 0.0359. The summed E-state index contributed by atoms with van der Waals surface area (Å²) in [5.74, 6) is -0.0359. The molecule has 0 unspecified atom stereocenters. The van der Waals surface area contributed by atoms with Gasteiger partial charge in [0.2, 0.25) is 5.88 Å². The molecule has 4 nitrogen and oxygen atoms in total. The molecule has 0 amide bonds. The maximum absolute atomic E-state index is 11.9. The molecule has 0 aliphatic heterocycles. The number of nitrogens with one attached hydrogen (secondary N) is 1. The monoisotopic (exact) mass is 276 g/mol. The van der Waals surface area contributed by atoms with Crippen LogP contribution in [0.5, 0.6) is 5.88 Å². The van der Waals surface area contributed by atoms with Crippen LogP contribution in [0, 0.1) is 0 Å². The number of hydrogen-bond donors (Lipinski definition) is 1. The quantitative estimate of drug-likeness (QED) is 0.897. The third-order valence-electron chi connectivity index (χ3n) is 2.92. The number of aromatic nitrogens is 1. The standard InChI is InChI=1S/C12H15F3N2O2/c1-18-10-4-9(5-10)17-8-2-3-11(16-6-8)19-7-12(13,14)15/h2-3,6,9-10,17H,4-5,7H2,1H3. The number of alkyl halides is 3. The molecule has 1 aliphatic rings. The van der Waals surface area contributed by atoms with E-state index >= 15 is 0 Å². The van der Waals surface area contributed by atoms with Gasteiger partial charge in [-0.05, 0) is 18.9 Å². The average Bonchev–Trinajstić information content (AvgIpc) is 2.31. The van der Waals surface area contributed by atoms with Crippen LogP contribution in [0.3, 0.4) is 0 Å². The van der Waals surface area contributed by atoms with Crippen LogP contribution < -0.4 is 10.1 Å². The summed E-state index contributed by atoms with van der Waals surface area (Å²) in [7, 11) is 1.68. The average molecular weight is 276 g/mol. The number of halogens is 3. The molecule has 0 bridgehead atoms. The number of rotatable bonds is 5. The summed E-state index contributed by atoms with van der Waals surface area (Å²) in [5.41, 5.74) is 0.763. The highest BCUT2D eigenvalue weighted by atomic mass is 19.4. The number of hydrogen-bond acceptors (Lipinski definition) is 4. The lowest BCUT2D eigenvalue weighted by Crippen LogP contribution is -2.40. The summed E-state index contributed by atoms with van der Waals surface area (Å²) in [5, 5.41) is 3.22. The molecule has 7 heteroatoms. The fraction of sp³-hybridized carbons (Fsp3) is 0.583. The van der Waals surface area contributed by atoms with E-state index in [-0.39, 0.29) is 5.88 Å². The van der Waals surface area contributed by atoms with Gasteiger partial charge in [-0.15, -0.1) is 0 Å². The Balaban J connectivity index is 1.78. The zero-order valence-electron chi connectivity index (χ0n) is 10.4. The Morgan fingerprint density at radius 2 is 2.11 bits per heavy atom. The van der Waals surface area contributed by atoms with Crippen molar-refractivity contribution in [2.75, 3.05) is 19.0 Å². The van der Waals surface area contributed by atoms with E-state index in [4.69, 9.17) is 4.74 Å². The number of methoxy groups -OCH3 is 1. The fourth-order valence-electron chi connectivity index (χ4n) is 1.82. The van der Waals surface area contributed by atoms with Crippen molar-refractivity contribution in [2.24, 2.45) is 0 Å². The first kappa shape index (κ1) is 13.9. The van der Waals surface area contributed by atoms with Crippen LogP contribution >= 0.6 is 0 Å². The Labute approximate surface area is 108 Å². The van der Waals surface area contributed by atoms with Crippen molar-refractivity contribution in [2.45, 2.75) is 31.2 Å². The number of anilines is 1. The normalized spacial score (nSPS) is 22.7. The molecule has 1 aromatic heterocycles. The van der Waals surface area contributed by atoms with Crippen molar-refractivity contribution < 1.29 is 22.6 Å². The van der Waals surface area contributed by atoms with Gasteiger partial charge < -0.3 is 14.8 Å². The fourth-order valence-corrected chi connectivity index (χ4v) is 1.82. The molecule has 1 heterocycles. The van der Waals surface area contributed by atoms with Crippen LogP contribution in [0.1, 0.15) is 12.8 Å². The predicted molar refractivity (Wildman–Crippen MR) is 63.2 cm³/mol. The zero-order valence-corrected chi connectivity index (χ0v) is 10.4. The van der Waals surface area contributed by atoms with E-state index in [9.17, 15) is 13.2 Å².